The second-order valence-corrected chi connectivity index (χ2v) is 9.01. The van der Waals surface area contributed by atoms with E-state index in [9.17, 15) is 9.59 Å². The third-order valence-electron chi connectivity index (χ3n) is 5.69. The molecule has 2 aliphatic heterocycles. The average molecular weight is 437 g/mol. The fourth-order valence-corrected chi connectivity index (χ4v) is 5.16. The molecule has 3 amide bonds. The third-order valence-corrected chi connectivity index (χ3v) is 6.79. The minimum Gasteiger partial charge on any atom is -0.378 e. The van der Waals surface area contributed by atoms with Crippen LogP contribution in [-0.4, -0.2) is 50.1 Å². The lowest BCUT2D eigenvalue weighted by Gasteiger charge is -2.29. The summed E-state index contributed by atoms with van der Waals surface area (Å²) >= 11 is 1.31. The molecule has 8 nitrogen and oxygen atoms in total. The number of piperidine rings is 1. The van der Waals surface area contributed by atoms with Crippen molar-refractivity contribution in [2.45, 2.75) is 18.9 Å². The predicted octanol–water partition coefficient (Wildman–Crippen LogP) is 3.53. The molecule has 0 spiro atoms. The first-order valence-electron chi connectivity index (χ1n) is 10.3. The standard InChI is InChI=1S/C22H24N6O2S/c1-27(2)14-6-3-7-15(11-14)28-16-8-10-24-21-17(16)18(26-22(28)30)19(31-21)20(29)25-13-5-4-9-23-12-13/h3,6-8,10-11,13,23H,4-5,9,12H2,1-2H3,(H,25,29)(H,26,30)/t13-/m1/s1. The van der Waals surface area contributed by atoms with Gasteiger partial charge < -0.3 is 20.9 Å². The molecule has 9 heteroatoms. The molecule has 0 bridgehead atoms. The van der Waals surface area contributed by atoms with Crippen LogP contribution in [0.2, 0.25) is 0 Å². The van der Waals surface area contributed by atoms with Gasteiger partial charge in [0.1, 0.15) is 9.71 Å². The summed E-state index contributed by atoms with van der Waals surface area (Å²) < 4.78 is 0. The quantitative estimate of drug-likeness (QED) is 0.582. The lowest BCUT2D eigenvalue weighted by Crippen LogP contribution is -2.45. The van der Waals surface area contributed by atoms with Gasteiger partial charge in [-0.1, -0.05) is 6.07 Å². The highest BCUT2D eigenvalue weighted by atomic mass is 32.1. The van der Waals surface area contributed by atoms with Gasteiger partial charge in [-0.25, -0.2) is 9.78 Å². The number of carbonyl (C=O) groups excluding carboxylic acids is 2. The van der Waals surface area contributed by atoms with Crippen LogP contribution in [0.5, 0.6) is 0 Å². The number of amides is 3. The van der Waals surface area contributed by atoms with Crippen molar-refractivity contribution in [3.05, 3.63) is 41.4 Å². The molecule has 1 fully saturated rings. The summed E-state index contributed by atoms with van der Waals surface area (Å²) in [6.07, 6.45) is 3.67. The van der Waals surface area contributed by atoms with E-state index in [1.807, 2.05) is 49.3 Å². The molecule has 160 valence electrons. The van der Waals surface area contributed by atoms with Gasteiger partial charge in [-0.15, -0.1) is 11.3 Å². The van der Waals surface area contributed by atoms with Crippen molar-refractivity contribution in [1.82, 2.24) is 15.6 Å². The largest absolute Gasteiger partial charge is 0.378 e. The molecular formula is C22H24N6O2S. The minimum absolute atomic E-state index is 0.0932. The molecule has 0 radical (unpaired) electrons. The Morgan fingerprint density at radius 1 is 1.32 bits per heavy atom. The molecule has 3 N–H and O–H groups in total. The van der Waals surface area contributed by atoms with Crippen molar-refractivity contribution >= 4 is 56.2 Å². The number of thiophene rings is 1. The number of hydrogen-bond acceptors (Lipinski definition) is 6. The van der Waals surface area contributed by atoms with Crippen LogP contribution in [0.4, 0.5) is 27.5 Å². The average Bonchev–Trinajstić information content (AvgIpc) is 3.14. The smallest absolute Gasteiger partial charge is 0.331 e. The van der Waals surface area contributed by atoms with Crippen LogP contribution in [0.25, 0.3) is 10.2 Å². The summed E-state index contributed by atoms with van der Waals surface area (Å²) in [4.78, 5) is 35.6. The number of urea groups is 1. The fourth-order valence-electron chi connectivity index (χ4n) is 4.14. The van der Waals surface area contributed by atoms with Gasteiger partial charge in [0, 0.05) is 38.6 Å². The van der Waals surface area contributed by atoms with E-state index in [-0.39, 0.29) is 18.0 Å². The van der Waals surface area contributed by atoms with E-state index in [2.05, 4.69) is 20.9 Å². The monoisotopic (exact) mass is 436 g/mol. The molecule has 4 heterocycles. The number of anilines is 4. The van der Waals surface area contributed by atoms with E-state index in [4.69, 9.17) is 0 Å². The summed E-state index contributed by atoms with van der Waals surface area (Å²) in [5.74, 6) is -0.166. The zero-order chi connectivity index (χ0) is 21.5. The SMILES string of the molecule is CN(C)c1cccc(N2C(=O)Nc3c(C(=O)N[C@@H]4CCCNC4)sc4nccc2c34)c1. The van der Waals surface area contributed by atoms with Gasteiger partial charge >= 0.3 is 6.03 Å². The van der Waals surface area contributed by atoms with Crippen LogP contribution in [-0.2, 0) is 0 Å². The Morgan fingerprint density at radius 3 is 2.97 bits per heavy atom. The summed E-state index contributed by atoms with van der Waals surface area (Å²) in [7, 11) is 3.92. The summed E-state index contributed by atoms with van der Waals surface area (Å²) in [5, 5.41) is 10.2. The highest BCUT2D eigenvalue weighted by molar-refractivity contribution is 7.21. The van der Waals surface area contributed by atoms with Crippen LogP contribution in [0.15, 0.2) is 36.5 Å². The zero-order valence-electron chi connectivity index (χ0n) is 17.4. The first-order chi connectivity index (χ1) is 15.0. The maximum Gasteiger partial charge on any atom is 0.331 e. The first kappa shape index (κ1) is 19.8. The first-order valence-corrected chi connectivity index (χ1v) is 11.2. The Hall–Kier alpha value is -3.17. The molecule has 2 aromatic heterocycles. The van der Waals surface area contributed by atoms with E-state index in [0.29, 0.717) is 10.6 Å². The topological polar surface area (TPSA) is 89.6 Å². The molecule has 1 aromatic carbocycles. The van der Waals surface area contributed by atoms with Crippen molar-refractivity contribution < 1.29 is 9.59 Å². The Labute approximate surface area is 184 Å². The van der Waals surface area contributed by atoms with Crippen molar-refractivity contribution in [2.24, 2.45) is 0 Å². The molecule has 2 aliphatic rings. The predicted molar refractivity (Wildman–Crippen MR) is 125 cm³/mol. The normalized spacial score (nSPS) is 18.1. The summed E-state index contributed by atoms with van der Waals surface area (Å²) in [6, 6.07) is 9.42. The maximum absolute atomic E-state index is 13.2. The molecule has 5 rings (SSSR count). The van der Waals surface area contributed by atoms with Crippen LogP contribution in [0.3, 0.4) is 0 Å². The molecule has 31 heavy (non-hydrogen) atoms. The molecule has 3 aromatic rings. The van der Waals surface area contributed by atoms with E-state index >= 15 is 0 Å². The molecule has 0 unspecified atom stereocenters. The summed E-state index contributed by atoms with van der Waals surface area (Å²) in [6.45, 7) is 1.74. The summed E-state index contributed by atoms with van der Waals surface area (Å²) in [5.41, 5.74) is 3.03. The number of hydrogen-bond donors (Lipinski definition) is 3. The molecule has 1 atom stereocenters. The van der Waals surface area contributed by atoms with Gasteiger partial charge in [-0.05, 0) is 43.7 Å². The Kier molecular flexibility index (Phi) is 4.99. The Bertz CT molecular complexity index is 1170. The lowest BCUT2D eigenvalue weighted by molar-refractivity contribution is 0.0935. The van der Waals surface area contributed by atoms with Gasteiger partial charge in [0.05, 0.1) is 22.4 Å². The van der Waals surface area contributed by atoms with Crippen molar-refractivity contribution in [3.8, 4) is 0 Å². The number of benzene rings is 1. The van der Waals surface area contributed by atoms with Crippen LogP contribution >= 0.6 is 11.3 Å². The number of aromatic nitrogens is 1. The van der Waals surface area contributed by atoms with Gasteiger partial charge in [0.15, 0.2) is 0 Å². The number of pyridine rings is 1. The number of nitrogens with zero attached hydrogens (tertiary/aromatic N) is 3. The lowest BCUT2D eigenvalue weighted by atomic mass is 10.1. The molecule has 0 saturated carbocycles. The second kappa shape index (κ2) is 7.82. The Balaban J connectivity index is 1.56. The van der Waals surface area contributed by atoms with E-state index in [1.54, 1.807) is 11.1 Å². The molecular weight excluding hydrogens is 412 g/mol. The third kappa shape index (κ3) is 3.49. The second-order valence-electron chi connectivity index (χ2n) is 8.01. The fraction of sp³-hybridized carbons (Fsp3) is 0.318. The minimum atomic E-state index is -0.289. The highest BCUT2D eigenvalue weighted by Gasteiger charge is 2.33. The van der Waals surface area contributed by atoms with Crippen LogP contribution < -0.4 is 25.8 Å². The maximum atomic E-state index is 13.2. The van der Waals surface area contributed by atoms with Gasteiger partial charge in [0.25, 0.3) is 5.91 Å². The Morgan fingerprint density at radius 2 is 2.19 bits per heavy atom. The van der Waals surface area contributed by atoms with E-state index in [1.165, 1.54) is 11.3 Å². The van der Waals surface area contributed by atoms with Gasteiger partial charge in [-0.3, -0.25) is 9.69 Å². The van der Waals surface area contributed by atoms with Crippen LogP contribution in [0.1, 0.15) is 22.5 Å². The van der Waals surface area contributed by atoms with E-state index in [0.717, 1.165) is 53.2 Å². The van der Waals surface area contributed by atoms with Crippen molar-refractivity contribution in [3.63, 3.8) is 0 Å². The van der Waals surface area contributed by atoms with Crippen molar-refractivity contribution in [1.29, 1.82) is 0 Å². The van der Waals surface area contributed by atoms with E-state index < -0.39 is 0 Å². The zero-order valence-corrected chi connectivity index (χ0v) is 18.3. The van der Waals surface area contributed by atoms with Gasteiger partial charge in [-0.2, -0.15) is 0 Å². The number of rotatable bonds is 4. The number of nitrogens with one attached hydrogen (secondary N) is 3. The van der Waals surface area contributed by atoms with Crippen LogP contribution in [0, 0.1) is 0 Å². The molecule has 0 aliphatic carbocycles. The van der Waals surface area contributed by atoms with Crippen molar-refractivity contribution in [2.75, 3.05) is 42.3 Å². The van der Waals surface area contributed by atoms with Gasteiger partial charge in [0.2, 0.25) is 0 Å². The molecule has 1 saturated heterocycles. The number of carbonyl (C=O) groups is 2. The highest BCUT2D eigenvalue weighted by Crippen LogP contribution is 2.45.